The molecule has 0 saturated carbocycles. The summed E-state index contributed by atoms with van der Waals surface area (Å²) in [4.78, 5) is 15.1. The Morgan fingerprint density at radius 3 is 3.13 bits per heavy atom. The summed E-state index contributed by atoms with van der Waals surface area (Å²) in [5.74, 6) is 0.0550. The highest BCUT2D eigenvalue weighted by molar-refractivity contribution is 7.10. The van der Waals surface area contributed by atoms with Crippen LogP contribution in [0.5, 0.6) is 0 Å². The summed E-state index contributed by atoms with van der Waals surface area (Å²) in [6.07, 6.45) is 0.968. The van der Waals surface area contributed by atoms with Gasteiger partial charge in [0.05, 0.1) is 12.1 Å². The lowest BCUT2D eigenvalue weighted by Crippen LogP contribution is -2.45. The van der Waals surface area contributed by atoms with Gasteiger partial charge in [-0.15, -0.1) is 11.3 Å². The highest BCUT2D eigenvalue weighted by Crippen LogP contribution is 2.32. The van der Waals surface area contributed by atoms with E-state index in [1.807, 2.05) is 4.90 Å². The number of thiophene rings is 1. The maximum atomic E-state index is 11.8. The molecule has 0 radical (unpaired) electrons. The molecule has 2 N–H and O–H groups in total. The van der Waals surface area contributed by atoms with E-state index >= 15 is 0 Å². The quantitative estimate of drug-likeness (QED) is 0.786. The summed E-state index contributed by atoms with van der Waals surface area (Å²) in [6.45, 7) is 4.62. The number of nitrogens with two attached hydrogens (primary N) is 1. The minimum Gasteiger partial charge on any atom is -0.334 e. The lowest BCUT2D eigenvalue weighted by molar-refractivity contribution is -0.134. The molecule has 2 unspecified atom stereocenters. The molecule has 1 aromatic heterocycles. The van der Waals surface area contributed by atoms with Crippen molar-refractivity contribution in [3.8, 4) is 0 Å². The first-order valence-corrected chi connectivity index (χ1v) is 6.11. The molecule has 82 valence electrons. The molecular weight excluding hydrogens is 208 g/mol. The van der Waals surface area contributed by atoms with Crippen molar-refractivity contribution in [2.75, 3.05) is 6.54 Å². The van der Waals surface area contributed by atoms with Crippen LogP contribution in [0.1, 0.15) is 30.3 Å². The van der Waals surface area contributed by atoms with Gasteiger partial charge in [-0.3, -0.25) is 4.79 Å². The van der Waals surface area contributed by atoms with Crippen LogP contribution in [0.3, 0.4) is 0 Å². The highest BCUT2D eigenvalue weighted by atomic mass is 32.1. The fourth-order valence-electron chi connectivity index (χ4n) is 2.07. The Morgan fingerprint density at radius 2 is 2.47 bits per heavy atom. The first-order valence-electron chi connectivity index (χ1n) is 5.23. The molecule has 4 heteroatoms. The number of hydrogen-bond donors (Lipinski definition) is 1. The van der Waals surface area contributed by atoms with E-state index in [4.69, 9.17) is 5.73 Å². The van der Waals surface area contributed by atoms with Crippen LogP contribution in [0.25, 0.3) is 0 Å². The van der Waals surface area contributed by atoms with Crippen molar-refractivity contribution in [2.24, 2.45) is 5.73 Å². The molecule has 0 aromatic carbocycles. The zero-order valence-electron chi connectivity index (χ0n) is 9.06. The van der Waals surface area contributed by atoms with Gasteiger partial charge in [-0.1, -0.05) is 0 Å². The SMILES string of the molecule is CC(N)C(=O)N1CCc2sccc2C1C. The Kier molecular flexibility index (Phi) is 2.80. The molecule has 15 heavy (non-hydrogen) atoms. The number of fused-ring (bicyclic) bond motifs is 1. The van der Waals surface area contributed by atoms with Crippen molar-refractivity contribution in [3.05, 3.63) is 21.9 Å². The van der Waals surface area contributed by atoms with Crippen molar-refractivity contribution < 1.29 is 4.79 Å². The molecule has 1 amide bonds. The molecule has 0 saturated heterocycles. The lowest BCUT2D eigenvalue weighted by Gasteiger charge is -2.34. The van der Waals surface area contributed by atoms with Gasteiger partial charge in [-0.2, -0.15) is 0 Å². The van der Waals surface area contributed by atoms with Crippen LogP contribution in [0.15, 0.2) is 11.4 Å². The first-order chi connectivity index (χ1) is 7.11. The van der Waals surface area contributed by atoms with Crippen LogP contribution >= 0.6 is 11.3 Å². The van der Waals surface area contributed by atoms with E-state index in [2.05, 4.69) is 18.4 Å². The second-order valence-electron chi connectivity index (χ2n) is 4.05. The van der Waals surface area contributed by atoms with Crippen LogP contribution in [-0.2, 0) is 11.2 Å². The highest BCUT2D eigenvalue weighted by Gasteiger charge is 2.29. The smallest absolute Gasteiger partial charge is 0.239 e. The monoisotopic (exact) mass is 224 g/mol. The summed E-state index contributed by atoms with van der Waals surface area (Å²) in [6, 6.07) is 1.90. The maximum absolute atomic E-state index is 11.8. The topological polar surface area (TPSA) is 46.3 Å². The third kappa shape index (κ3) is 1.79. The zero-order valence-corrected chi connectivity index (χ0v) is 9.88. The summed E-state index contributed by atoms with van der Waals surface area (Å²) in [5.41, 5.74) is 6.93. The normalized spacial score (nSPS) is 22.3. The van der Waals surface area contributed by atoms with E-state index in [0.29, 0.717) is 0 Å². The fraction of sp³-hybridized carbons (Fsp3) is 0.545. The zero-order chi connectivity index (χ0) is 11.0. The summed E-state index contributed by atoms with van der Waals surface area (Å²) in [7, 11) is 0. The number of amides is 1. The van der Waals surface area contributed by atoms with Crippen molar-refractivity contribution in [1.29, 1.82) is 0 Å². The van der Waals surface area contributed by atoms with E-state index in [1.54, 1.807) is 18.3 Å². The van der Waals surface area contributed by atoms with Gasteiger partial charge in [-0.25, -0.2) is 0 Å². The number of hydrogen-bond acceptors (Lipinski definition) is 3. The largest absolute Gasteiger partial charge is 0.334 e. The number of carbonyl (C=O) groups excluding carboxylic acids is 1. The standard InChI is InChI=1S/C11H16N2OS/c1-7(12)11(14)13-5-3-10-9(8(13)2)4-6-15-10/h4,6-8H,3,5,12H2,1-2H3. The maximum Gasteiger partial charge on any atom is 0.239 e. The van der Waals surface area contributed by atoms with E-state index < -0.39 is 6.04 Å². The van der Waals surface area contributed by atoms with Crippen molar-refractivity contribution in [3.63, 3.8) is 0 Å². The van der Waals surface area contributed by atoms with Crippen molar-refractivity contribution in [1.82, 2.24) is 4.90 Å². The molecule has 0 aliphatic carbocycles. The van der Waals surface area contributed by atoms with Crippen LogP contribution in [-0.4, -0.2) is 23.4 Å². The Morgan fingerprint density at radius 1 is 1.73 bits per heavy atom. The minimum absolute atomic E-state index is 0.0550. The molecular formula is C11H16N2OS. The number of rotatable bonds is 1. The molecule has 0 bridgehead atoms. The van der Waals surface area contributed by atoms with Gasteiger partial charge < -0.3 is 10.6 Å². The average molecular weight is 224 g/mol. The van der Waals surface area contributed by atoms with E-state index in [0.717, 1.165) is 13.0 Å². The number of nitrogens with zero attached hydrogens (tertiary/aromatic N) is 1. The van der Waals surface area contributed by atoms with Gasteiger partial charge in [0, 0.05) is 11.4 Å². The van der Waals surface area contributed by atoms with E-state index in [1.165, 1.54) is 10.4 Å². The summed E-state index contributed by atoms with van der Waals surface area (Å²) >= 11 is 1.78. The van der Waals surface area contributed by atoms with Crippen molar-refractivity contribution in [2.45, 2.75) is 32.4 Å². The summed E-state index contributed by atoms with van der Waals surface area (Å²) in [5, 5.41) is 2.10. The predicted octanol–water partition coefficient (Wildman–Crippen LogP) is 1.54. The summed E-state index contributed by atoms with van der Waals surface area (Å²) < 4.78 is 0. The van der Waals surface area contributed by atoms with Gasteiger partial charge in [-0.05, 0) is 37.3 Å². The second-order valence-corrected chi connectivity index (χ2v) is 5.05. The van der Waals surface area contributed by atoms with Crippen molar-refractivity contribution >= 4 is 17.2 Å². The van der Waals surface area contributed by atoms with Gasteiger partial charge in [0.25, 0.3) is 0 Å². The molecule has 3 nitrogen and oxygen atoms in total. The molecule has 2 rings (SSSR count). The lowest BCUT2D eigenvalue weighted by atomic mass is 10.0. The Labute approximate surface area is 93.9 Å². The van der Waals surface area contributed by atoms with Gasteiger partial charge >= 0.3 is 0 Å². The van der Waals surface area contributed by atoms with E-state index in [-0.39, 0.29) is 11.9 Å². The molecule has 1 aromatic rings. The Bertz CT molecular complexity index is 372. The molecule has 2 atom stereocenters. The number of carbonyl (C=O) groups is 1. The molecule has 1 aliphatic rings. The minimum atomic E-state index is -0.396. The van der Waals surface area contributed by atoms with Gasteiger partial charge in [0.2, 0.25) is 5.91 Å². The van der Waals surface area contributed by atoms with Crippen LogP contribution in [0.4, 0.5) is 0 Å². The average Bonchev–Trinajstić information content (AvgIpc) is 2.66. The molecule has 2 heterocycles. The molecule has 1 aliphatic heterocycles. The van der Waals surface area contributed by atoms with E-state index in [9.17, 15) is 4.79 Å². The van der Waals surface area contributed by atoms with Gasteiger partial charge in [0.1, 0.15) is 0 Å². The first kappa shape index (κ1) is 10.6. The second kappa shape index (κ2) is 3.94. The Balaban J connectivity index is 2.23. The molecule has 0 fully saturated rings. The van der Waals surface area contributed by atoms with Crippen LogP contribution in [0, 0.1) is 0 Å². The van der Waals surface area contributed by atoms with Crippen LogP contribution in [0.2, 0.25) is 0 Å². The molecule has 0 spiro atoms. The predicted molar refractivity (Wildman–Crippen MR) is 61.8 cm³/mol. The third-order valence-corrected chi connectivity index (χ3v) is 3.95. The Hall–Kier alpha value is -0.870. The van der Waals surface area contributed by atoms with Gasteiger partial charge in [0.15, 0.2) is 0 Å². The third-order valence-electron chi connectivity index (χ3n) is 2.95. The van der Waals surface area contributed by atoms with Crippen LogP contribution < -0.4 is 5.73 Å². The fourth-order valence-corrected chi connectivity index (χ4v) is 3.03.